The molecule has 1 N–H and O–H groups in total. The lowest BCUT2D eigenvalue weighted by atomic mass is 9.92. The minimum absolute atomic E-state index is 0.386. The fourth-order valence-corrected chi connectivity index (χ4v) is 3.38. The van der Waals surface area contributed by atoms with Gasteiger partial charge in [-0.15, -0.1) is 0 Å². The van der Waals surface area contributed by atoms with Gasteiger partial charge in [0.05, 0.1) is 5.56 Å². The molecule has 0 amide bonds. The lowest BCUT2D eigenvalue weighted by Crippen LogP contribution is -2.06. The monoisotopic (exact) mass is 417 g/mol. The highest BCUT2D eigenvalue weighted by Crippen LogP contribution is 2.30. The van der Waals surface area contributed by atoms with E-state index in [1.165, 1.54) is 17.7 Å². The standard InChI is InChI=1S/C24H30F3N3/c1-6-9-18(7-2)16(4)14-17(5)28-22-15-21(8-3)29-23(30-22)19-10-12-20(13-11-19)24(25,26)27/h10-15,18H,5-9H2,1-4H3,(H,28,29,30)/b16-14-. The molecule has 0 bridgehead atoms. The zero-order valence-electron chi connectivity index (χ0n) is 18.1. The van der Waals surface area contributed by atoms with Crippen LogP contribution < -0.4 is 5.32 Å². The molecule has 6 heteroatoms. The number of halogens is 3. The van der Waals surface area contributed by atoms with E-state index in [0.29, 0.717) is 29.5 Å². The highest BCUT2D eigenvalue weighted by atomic mass is 19.4. The first-order valence-electron chi connectivity index (χ1n) is 10.4. The molecule has 0 aliphatic carbocycles. The van der Waals surface area contributed by atoms with Crippen molar-refractivity contribution in [3.05, 3.63) is 65.5 Å². The number of rotatable bonds is 9. The third kappa shape index (κ3) is 6.44. The number of aromatic nitrogens is 2. The molecule has 1 heterocycles. The second kappa shape index (κ2) is 10.4. The third-order valence-electron chi connectivity index (χ3n) is 5.08. The Kier molecular flexibility index (Phi) is 8.21. The molecular weight excluding hydrogens is 387 g/mol. The first kappa shape index (κ1) is 23.6. The number of anilines is 1. The van der Waals surface area contributed by atoms with Crippen molar-refractivity contribution in [2.24, 2.45) is 5.92 Å². The van der Waals surface area contributed by atoms with Crippen LogP contribution >= 0.6 is 0 Å². The maximum absolute atomic E-state index is 12.8. The number of aryl methyl sites for hydroxylation is 1. The van der Waals surface area contributed by atoms with Gasteiger partial charge in [0.25, 0.3) is 0 Å². The number of hydrogen-bond acceptors (Lipinski definition) is 3. The van der Waals surface area contributed by atoms with Gasteiger partial charge in [-0.3, -0.25) is 0 Å². The summed E-state index contributed by atoms with van der Waals surface area (Å²) in [6.45, 7) is 12.5. The van der Waals surface area contributed by atoms with Gasteiger partial charge in [-0.1, -0.05) is 51.5 Å². The van der Waals surface area contributed by atoms with Crippen molar-refractivity contribution >= 4 is 5.82 Å². The summed E-state index contributed by atoms with van der Waals surface area (Å²) in [7, 11) is 0. The van der Waals surface area contributed by atoms with E-state index in [1.54, 1.807) is 0 Å². The molecule has 0 fully saturated rings. The van der Waals surface area contributed by atoms with Gasteiger partial charge in [-0.05, 0) is 50.3 Å². The second-order valence-electron chi connectivity index (χ2n) is 7.43. The van der Waals surface area contributed by atoms with Crippen LogP contribution in [-0.4, -0.2) is 9.97 Å². The van der Waals surface area contributed by atoms with Gasteiger partial charge in [0, 0.05) is 23.0 Å². The number of hydrogen-bond donors (Lipinski definition) is 1. The van der Waals surface area contributed by atoms with Crippen LogP contribution in [0.3, 0.4) is 0 Å². The zero-order chi connectivity index (χ0) is 22.3. The summed E-state index contributed by atoms with van der Waals surface area (Å²) in [5, 5.41) is 3.21. The van der Waals surface area contributed by atoms with E-state index >= 15 is 0 Å². The highest BCUT2D eigenvalue weighted by Gasteiger charge is 2.30. The molecule has 1 aromatic heterocycles. The Morgan fingerprint density at radius 1 is 1.13 bits per heavy atom. The molecule has 0 saturated heterocycles. The van der Waals surface area contributed by atoms with Crippen LogP contribution in [0.4, 0.5) is 19.0 Å². The summed E-state index contributed by atoms with van der Waals surface area (Å²) in [6.07, 6.45) is 1.70. The molecule has 30 heavy (non-hydrogen) atoms. The van der Waals surface area contributed by atoms with Gasteiger partial charge in [-0.25, -0.2) is 9.97 Å². The van der Waals surface area contributed by atoms with E-state index in [-0.39, 0.29) is 0 Å². The molecule has 1 unspecified atom stereocenters. The number of allylic oxidation sites excluding steroid dienone is 2. The van der Waals surface area contributed by atoms with E-state index in [0.717, 1.165) is 42.8 Å². The van der Waals surface area contributed by atoms with Crippen molar-refractivity contribution in [3.8, 4) is 11.4 Å². The van der Waals surface area contributed by atoms with Crippen molar-refractivity contribution < 1.29 is 13.2 Å². The van der Waals surface area contributed by atoms with Crippen LogP contribution in [0.25, 0.3) is 11.4 Å². The number of nitrogens with zero attached hydrogens (tertiary/aromatic N) is 2. The SMILES string of the molecule is C=C(/C=C(/C)C(CC)CCC)Nc1cc(CC)nc(-c2ccc(C(F)(F)F)cc2)n1. The molecular formula is C24H30F3N3. The van der Waals surface area contributed by atoms with Crippen LogP contribution in [0.2, 0.25) is 0 Å². The minimum atomic E-state index is -4.37. The Morgan fingerprint density at radius 2 is 1.80 bits per heavy atom. The van der Waals surface area contributed by atoms with Crippen LogP contribution in [0.5, 0.6) is 0 Å². The highest BCUT2D eigenvalue weighted by molar-refractivity contribution is 5.59. The molecule has 2 rings (SSSR count). The van der Waals surface area contributed by atoms with Crippen LogP contribution in [-0.2, 0) is 12.6 Å². The van der Waals surface area contributed by atoms with Crippen molar-refractivity contribution in [1.29, 1.82) is 0 Å². The Bertz CT molecular complexity index is 884. The quantitative estimate of drug-likeness (QED) is 0.431. The van der Waals surface area contributed by atoms with E-state index in [4.69, 9.17) is 0 Å². The molecule has 0 saturated carbocycles. The number of alkyl halides is 3. The second-order valence-corrected chi connectivity index (χ2v) is 7.43. The summed E-state index contributed by atoms with van der Waals surface area (Å²) >= 11 is 0. The smallest absolute Gasteiger partial charge is 0.341 e. The Labute approximate surface area is 177 Å². The lowest BCUT2D eigenvalue weighted by molar-refractivity contribution is -0.137. The predicted octanol–water partition coefficient (Wildman–Crippen LogP) is 7.42. The van der Waals surface area contributed by atoms with Gasteiger partial charge < -0.3 is 5.32 Å². The molecule has 2 aromatic rings. The molecule has 3 nitrogen and oxygen atoms in total. The average molecular weight is 418 g/mol. The van der Waals surface area contributed by atoms with Gasteiger partial charge in [0.2, 0.25) is 0 Å². The molecule has 0 spiro atoms. The Hall–Kier alpha value is -2.63. The van der Waals surface area contributed by atoms with E-state index in [9.17, 15) is 13.2 Å². The first-order chi connectivity index (χ1) is 14.2. The molecule has 1 atom stereocenters. The van der Waals surface area contributed by atoms with Gasteiger partial charge in [-0.2, -0.15) is 13.2 Å². The zero-order valence-corrected chi connectivity index (χ0v) is 18.1. The molecule has 0 aliphatic heterocycles. The third-order valence-corrected chi connectivity index (χ3v) is 5.08. The van der Waals surface area contributed by atoms with Crippen molar-refractivity contribution in [2.45, 2.75) is 59.6 Å². The fraction of sp³-hybridized carbons (Fsp3) is 0.417. The maximum atomic E-state index is 12.8. The number of benzene rings is 1. The Balaban J connectivity index is 2.27. The maximum Gasteiger partial charge on any atom is 0.416 e. The van der Waals surface area contributed by atoms with Gasteiger partial charge >= 0.3 is 6.18 Å². The van der Waals surface area contributed by atoms with Crippen molar-refractivity contribution in [3.63, 3.8) is 0 Å². The molecule has 1 aromatic carbocycles. The van der Waals surface area contributed by atoms with Gasteiger partial charge in [0.15, 0.2) is 5.82 Å². The van der Waals surface area contributed by atoms with Gasteiger partial charge in [0.1, 0.15) is 5.82 Å². The normalized spacial score (nSPS) is 13.2. The number of nitrogens with one attached hydrogen (secondary N) is 1. The summed E-state index contributed by atoms with van der Waals surface area (Å²) in [5.41, 5.74) is 2.63. The van der Waals surface area contributed by atoms with Crippen LogP contribution in [0.1, 0.15) is 58.2 Å². The summed E-state index contributed by atoms with van der Waals surface area (Å²) in [5.74, 6) is 1.48. The summed E-state index contributed by atoms with van der Waals surface area (Å²) < 4.78 is 38.5. The fourth-order valence-electron chi connectivity index (χ4n) is 3.38. The average Bonchev–Trinajstić information content (AvgIpc) is 2.70. The topological polar surface area (TPSA) is 37.8 Å². The van der Waals surface area contributed by atoms with Crippen LogP contribution in [0, 0.1) is 5.92 Å². The van der Waals surface area contributed by atoms with E-state index < -0.39 is 11.7 Å². The summed E-state index contributed by atoms with van der Waals surface area (Å²) in [4.78, 5) is 8.97. The molecule has 0 aliphatic rings. The molecule has 0 radical (unpaired) electrons. The van der Waals surface area contributed by atoms with E-state index in [2.05, 4.69) is 42.6 Å². The molecule has 162 valence electrons. The van der Waals surface area contributed by atoms with Crippen molar-refractivity contribution in [2.75, 3.05) is 5.32 Å². The lowest BCUT2D eigenvalue weighted by Gasteiger charge is -2.16. The minimum Gasteiger partial charge on any atom is -0.341 e. The summed E-state index contributed by atoms with van der Waals surface area (Å²) in [6, 6.07) is 6.74. The van der Waals surface area contributed by atoms with Crippen LogP contribution in [0.15, 0.2) is 54.3 Å². The predicted molar refractivity (Wildman–Crippen MR) is 117 cm³/mol. The van der Waals surface area contributed by atoms with Crippen molar-refractivity contribution in [1.82, 2.24) is 9.97 Å². The Morgan fingerprint density at radius 3 is 2.33 bits per heavy atom. The van der Waals surface area contributed by atoms with E-state index in [1.807, 2.05) is 19.1 Å². The first-order valence-corrected chi connectivity index (χ1v) is 10.4. The largest absolute Gasteiger partial charge is 0.416 e.